The SMILES string of the molecule is CC1CCCC(N2CCC(NCC3(CO)CCOCC3)CC2)C1. The number of piperidine rings is 1. The van der Waals surface area contributed by atoms with E-state index in [1.165, 1.54) is 51.6 Å². The minimum Gasteiger partial charge on any atom is -0.396 e. The van der Waals surface area contributed by atoms with E-state index in [0.717, 1.165) is 44.6 Å². The molecule has 0 aromatic heterocycles. The Morgan fingerprint density at radius 1 is 1.13 bits per heavy atom. The maximum absolute atomic E-state index is 9.80. The zero-order valence-electron chi connectivity index (χ0n) is 14.9. The largest absolute Gasteiger partial charge is 0.396 e. The summed E-state index contributed by atoms with van der Waals surface area (Å²) in [6.07, 6.45) is 10.2. The molecule has 23 heavy (non-hydrogen) atoms. The van der Waals surface area contributed by atoms with Crippen molar-refractivity contribution in [2.75, 3.05) is 39.5 Å². The molecule has 0 aromatic rings. The molecule has 134 valence electrons. The Morgan fingerprint density at radius 3 is 2.52 bits per heavy atom. The molecular weight excluding hydrogens is 288 g/mol. The molecule has 2 saturated heterocycles. The van der Waals surface area contributed by atoms with E-state index in [9.17, 15) is 5.11 Å². The van der Waals surface area contributed by atoms with Gasteiger partial charge in [0.15, 0.2) is 0 Å². The summed E-state index contributed by atoms with van der Waals surface area (Å²) in [6, 6.07) is 1.48. The van der Waals surface area contributed by atoms with Gasteiger partial charge in [-0.2, -0.15) is 0 Å². The van der Waals surface area contributed by atoms with Crippen molar-refractivity contribution < 1.29 is 9.84 Å². The minimum absolute atomic E-state index is 0.0637. The van der Waals surface area contributed by atoms with Gasteiger partial charge in [-0.3, -0.25) is 0 Å². The van der Waals surface area contributed by atoms with E-state index in [2.05, 4.69) is 17.1 Å². The number of aliphatic hydroxyl groups excluding tert-OH is 1. The van der Waals surface area contributed by atoms with Crippen LogP contribution in [0.5, 0.6) is 0 Å². The van der Waals surface area contributed by atoms with Crippen molar-refractivity contribution >= 4 is 0 Å². The highest BCUT2D eigenvalue weighted by molar-refractivity contribution is 4.88. The third-order valence-electron chi connectivity index (χ3n) is 6.61. The van der Waals surface area contributed by atoms with Crippen LogP contribution in [0.15, 0.2) is 0 Å². The molecule has 3 aliphatic rings. The van der Waals surface area contributed by atoms with Crippen molar-refractivity contribution in [3.63, 3.8) is 0 Å². The number of likely N-dealkylation sites (tertiary alicyclic amines) is 1. The van der Waals surface area contributed by atoms with Crippen LogP contribution < -0.4 is 5.32 Å². The van der Waals surface area contributed by atoms with E-state index in [1.807, 2.05) is 0 Å². The summed E-state index contributed by atoms with van der Waals surface area (Å²) in [5.74, 6) is 0.919. The second kappa shape index (κ2) is 8.28. The fourth-order valence-corrected chi connectivity index (χ4v) is 4.76. The van der Waals surface area contributed by atoms with Gasteiger partial charge in [-0.25, -0.2) is 0 Å². The third kappa shape index (κ3) is 4.68. The predicted molar refractivity (Wildman–Crippen MR) is 93.6 cm³/mol. The number of rotatable bonds is 5. The predicted octanol–water partition coefficient (Wildman–Crippen LogP) is 2.41. The highest BCUT2D eigenvalue weighted by atomic mass is 16.5. The zero-order chi connectivity index (χ0) is 16.1. The van der Waals surface area contributed by atoms with E-state index in [-0.39, 0.29) is 5.41 Å². The van der Waals surface area contributed by atoms with E-state index < -0.39 is 0 Å². The summed E-state index contributed by atoms with van der Waals surface area (Å²) in [4.78, 5) is 2.75. The number of nitrogens with zero attached hydrogens (tertiary/aromatic N) is 1. The number of aliphatic hydroxyl groups is 1. The van der Waals surface area contributed by atoms with Crippen LogP contribution in [0.2, 0.25) is 0 Å². The summed E-state index contributed by atoms with van der Waals surface area (Å²) in [5.41, 5.74) is 0.0637. The average molecular weight is 325 g/mol. The lowest BCUT2D eigenvalue weighted by Gasteiger charge is -2.42. The van der Waals surface area contributed by atoms with Crippen LogP contribution in [-0.4, -0.2) is 61.5 Å². The normalized spacial score (nSPS) is 33.7. The molecule has 2 N–H and O–H groups in total. The van der Waals surface area contributed by atoms with Gasteiger partial charge in [-0.05, 0) is 57.5 Å². The Kier molecular flexibility index (Phi) is 6.36. The van der Waals surface area contributed by atoms with Crippen LogP contribution in [0.4, 0.5) is 0 Å². The fraction of sp³-hybridized carbons (Fsp3) is 1.00. The molecule has 0 bridgehead atoms. The Bertz CT molecular complexity index is 349. The number of ether oxygens (including phenoxy) is 1. The molecule has 0 aromatic carbocycles. The average Bonchev–Trinajstić information content (AvgIpc) is 2.61. The van der Waals surface area contributed by atoms with Crippen molar-refractivity contribution in [2.24, 2.45) is 11.3 Å². The summed E-state index contributed by atoms with van der Waals surface area (Å²) in [5, 5.41) is 13.6. The van der Waals surface area contributed by atoms with Gasteiger partial charge in [0.05, 0.1) is 6.61 Å². The molecular formula is C19H36N2O2. The number of hydrogen-bond donors (Lipinski definition) is 2. The van der Waals surface area contributed by atoms with Crippen LogP contribution in [0.1, 0.15) is 58.3 Å². The van der Waals surface area contributed by atoms with E-state index in [4.69, 9.17) is 4.74 Å². The van der Waals surface area contributed by atoms with Crippen molar-refractivity contribution in [3.8, 4) is 0 Å². The van der Waals surface area contributed by atoms with E-state index >= 15 is 0 Å². The standard InChI is InChI=1S/C19H36N2O2/c1-16-3-2-4-18(13-16)21-9-5-17(6-10-21)20-14-19(15-22)7-11-23-12-8-19/h16-18,20,22H,2-15H2,1H3. The molecule has 0 spiro atoms. The maximum Gasteiger partial charge on any atom is 0.0501 e. The van der Waals surface area contributed by atoms with Crippen LogP contribution in [-0.2, 0) is 4.74 Å². The summed E-state index contributed by atoms with van der Waals surface area (Å²) in [6.45, 7) is 7.79. The molecule has 0 amide bonds. The van der Waals surface area contributed by atoms with Crippen LogP contribution in [0.3, 0.4) is 0 Å². The fourth-order valence-electron chi connectivity index (χ4n) is 4.76. The minimum atomic E-state index is 0.0637. The van der Waals surface area contributed by atoms with Gasteiger partial charge in [0.1, 0.15) is 0 Å². The first kappa shape index (κ1) is 17.7. The Balaban J connectivity index is 1.40. The topological polar surface area (TPSA) is 44.7 Å². The van der Waals surface area contributed by atoms with Crippen LogP contribution in [0.25, 0.3) is 0 Å². The van der Waals surface area contributed by atoms with E-state index in [0.29, 0.717) is 12.6 Å². The van der Waals surface area contributed by atoms with Crippen molar-refractivity contribution in [1.29, 1.82) is 0 Å². The Labute approximate surface area is 142 Å². The van der Waals surface area contributed by atoms with Crippen molar-refractivity contribution in [2.45, 2.75) is 70.4 Å². The highest BCUT2D eigenvalue weighted by Crippen LogP contribution is 2.31. The number of nitrogens with one attached hydrogen (secondary N) is 1. The quantitative estimate of drug-likeness (QED) is 0.815. The molecule has 2 aliphatic heterocycles. The summed E-state index contributed by atoms with van der Waals surface area (Å²) >= 11 is 0. The molecule has 2 heterocycles. The first-order valence-electron chi connectivity index (χ1n) is 9.87. The van der Waals surface area contributed by atoms with Gasteiger partial charge in [0.2, 0.25) is 0 Å². The highest BCUT2D eigenvalue weighted by Gasteiger charge is 2.33. The van der Waals surface area contributed by atoms with Gasteiger partial charge in [-0.15, -0.1) is 0 Å². The molecule has 4 heteroatoms. The van der Waals surface area contributed by atoms with Gasteiger partial charge in [0.25, 0.3) is 0 Å². The van der Waals surface area contributed by atoms with Gasteiger partial charge in [0, 0.05) is 37.3 Å². The lowest BCUT2D eigenvalue weighted by Crippen LogP contribution is -2.50. The first-order chi connectivity index (χ1) is 11.2. The molecule has 0 radical (unpaired) electrons. The van der Waals surface area contributed by atoms with Crippen molar-refractivity contribution in [3.05, 3.63) is 0 Å². The maximum atomic E-state index is 9.80. The van der Waals surface area contributed by atoms with E-state index in [1.54, 1.807) is 0 Å². The van der Waals surface area contributed by atoms with Gasteiger partial charge >= 0.3 is 0 Å². The Morgan fingerprint density at radius 2 is 1.87 bits per heavy atom. The van der Waals surface area contributed by atoms with Gasteiger partial charge < -0.3 is 20.1 Å². The van der Waals surface area contributed by atoms with Gasteiger partial charge in [-0.1, -0.05) is 19.8 Å². The van der Waals surface area contributed by atoms with Crippen molar-refractivity contribution in [1.82, 2.24) is 10.2 Å². The summed E-state index contributed by atoms with van der Waals surface area (Å²) < 4.78 is 5.46. The molecule has 2 unspecified atom stereocenters. The monoisotopic (exact) mass is 324 g/mol. The van der Waals surface area contributed by atoms with Crippen LogP contribution in [0, 0.1) is 11.3 Å². The molecule has 1 saturated carbocycles. The zero-order valence-corrected chi connectivity index (χ0v) is 14.9. The second-order valence-corrected chi connectivity index (χ2v) is 8.39. The lowest BCUT2D eigenvalue weighted by atomic mass is 9.80. The third-order valence-corrected chi connectivity index (χ3v) is 6.61. The number of hydrogen-bond acceptors (Lipinski definition) is 4. The first-order valence-corrected chi connectivity index (χ1v) is 9.87. The molecule has 1 aliphatic carbocycles. The second-order valence-electron chi connectivity index (χ2n) is 8.39. The molecule has 4 nitrogen and oxygen atoms in total. The molecule has 3 rings (SSSR count). The van der Waals surface area contributed by atoms with Crippen LogP contribution >= 0.6 is 0 Å². The smallest absolute Gasteiger partial charge is 0.0501 e. The molecule has 2 atom stereocenters. The molecule has 3 fully saturated rings. The lowest BCUT2D eigenvalue weighted by molar-refractivity contribution is -0.0179. The summed E-state index contributed by atoms with van der Waals surface area (Å²) in [7, 11) is 0. The Hall–Kier alpha value is -0.160.